The fourth-order valence-corrected chi connectivity index (χ4v) is 1.74. The molecule has 0 bridgehead atoms. The lowest BCUT2D eigenvalue weighted by atomic mass is 10.1. The maximum absolute atomic E-state index is 10.0. The fourth-order valence-electron chi connectivity index (χ4n) is 1.74. The van der Waals surface area contributed by atoms with Crippen molar-refractivity contribution in [1.82, 2.24) is 9.78 Å². The summed E-state index contributed by atoms with van der Waals surface area (Å²) in [5.41, 5.74) is 8.50. The number of hydrogen-bond acceptors (Lipinski definition) is 4. The lowest BCUT2D eigenvalue weighted by Crippen LogP contribution is -2.32. The molecular weight excluding hydrogens is 230 g/mol. The molecule has 4 N–H and O–H groups in total. The molecule has 2 aromatic rings. The van der Waals surface area contributed by atoms with Crippen LogP contribution in [0.25, 0.3) is 0 Å². The highest BCUT2D eigenvalue weighted by Crippen LogP contribution is 2.18. The van der Waals surface area contributed by atoms with Crippen molar-refractivity contribution in [2.75, 3.05) is 10.8 Å². The Morgan fingerprint density at radius 1 is 1.33 bits per heavy atom. The number of nitrogens with two attached hydrogens (primary N) is 1. The summed E-state index contributed by atoms with van der Waals surface area (Å²) >= 11 is 0. The van der Waals surface area contributed by atoms with E-state index in [-0.39, 0.29) is 5.96 Å². The summed E-state index contributed by atoms with van der Waals surface area (Å²) < 4.78 is 1.20. The smallest absolute Gasteiger partial charge is 0.248 e. The molecule has 6 nitrogen and oxygen atoms in total. The van der Waals surface area contributed by atoms with Crippen molar-refractivity contribution >= 4 is 17.3 Å². The Morgan fingerprint density at radius 2 is 1.94 bits per heavy atom. The number of hydrogen-bond donors (Lipinski definition) is 3. The van der Waals surface area contributed by atoms with E-state index in [2.05, 4.69) is 5.10 Å². The van der Waals surface area contributed by atoms with Gasteiger partial charge in [-0.3, -0.25) is 10.6 Å². The number of anilines is 2. The van der Waals surface area contributed by atoms with Crippen LogP contribution in [0.2, 0.25) is 0 Å². The van der Waals surface area contributed by atoms with Crippen LogP contribution in [0.1, 0.15) is 11.1 Å². The Labute approximate surface area is 105 Å². The van der Waals surface area contributed by atoms with Crippen LogP contribution in [0.15, 0.2) is 30.6 Å². The molecule has 1 heterocycles. The largest absolute Gasteiger partial charge is 0.396 e. The summed E-state index contributed by atoms with van der Waals surface area (Å²) in [4.78, 5) is 0. The quantitative estimate of drug-likeness (QED) is 0.405. The molecule has 0 saturated carbocycles. The van der Waals surface area contributed by atoms with Gasteiger partial charge in [0, 0.05) is 0 Å². The number of nitrogens with one attached hydrogen (secondary N) is 1. The standard InChI is InChI=1S/C12H15N5O/c1-8-3-9(2)5-11(4-8)17(18)12(14)16-7-10(13)6-15-16/h3-7,14,18H,13H2,1-2H3. The third-order valence-corrected chi connectivity index (χ3v) is 2.47. The van der Waals surface area contributed by atoms with Crippen LogP contribution >= 0.6 is 0 Å². The van der Waals surface area contributed by atoms with E-state index in [0.29, 0.717) is 11.4 Å². The molecule has 0 aliphatic heterocycles. The third-order valence-electron chi connectivity index (χ3n) is 2.47. The number of hydroxylamine groups is 1. The fraction of sp³-hybridized carbons (Fsp3) is 0.167. The predicted molar refractivity (Wildman–Crippen MR) is 69.9 cm³/mol. The van der Waals surface area contributed by atoms with Crippen molar-refractivity contribution < 1.29 is 5.21 Å². The summed E-state index contributed by atoms with van der Waals surface area (Å²) in [6.45, 7) is 3.86. The number of benzene rings is 1. The highest BCUT2D eigenvalue weighted by Gasteiger charge is 2.13. The van der Waals surface area contributed by atoms with Crippen LogP contribution in [0, 0.1) is 19.3 Å². The Kier molecular flexibility index (Phi) is 3.03. The normalized spacial score (nSPS) is 10.4. The van der Waals surface area contributed by atoms with Crippen molar-refractivity contribution in [3.8, 4) is 0 Å². The second-order valence-electron chi connectivity index (χ2n) is 4.20. The zero-order chi connectivity index (χ0) is 13.3. The van der Waals surface area contributed by atoms with Crippen molar-refractivity contribution in [2.24, 2.45) is 0 Å². The Morgan fingerprint density at radius 3 is 2.44 bits per heavy atom. The molecular formula is C12H15N5O. The van der Waals surface area contributed by atoms with Gasteiger partial charge in [0.25, 0.3) is 0 Å². The Hall–Kier alpha value is -2.34. The number of nitrogens with zero attached hydrogens (tertiary/aromatic N) is 3. The molecule has 0 saturated heterocycles. The number of aromatic nitrogens is 2. The summed E-state index contributed by atoms with van der Waals surface area (Å²) in [5, 5.41) is 22.5. The van der Waals surface area contributed by atoms with Gasteiger partial charge in [-0.15, -0.1) is 0 Å². The van der Waals surface area contributed by atoms with Gasteiger partial charge in [0.1, 0.15) is 0 Å². The van der Waals surface area contributed by atoms with Crippen molar-refractivity contribution in [1.29, 1.82) is 5.41 Å². The monoisotopic (exact) mass is 245 g/mol. The number of aryl methyl sites for hydroxylation is 2. The molecule has 1 aromatic carbocycles. The van der Waals surface area contributed by atoms with Gasteiger partial charge in [0.2, 0.25) is 5.96 Å². The van der Waals surface area contributed by atoms with Crippen LogP contribution in [0.4, 0.5) is 11.4 Å². The second kappa shape index (κ2) is 4.50. The van der Waals surface area contributed by atoms with E-state index in [9.17, 15) is 5.21 Å². The molecule has 0 atom stereocenters. The lowest BCUT2D eigenvalue weighted by molar-refractivity contribution is 0.306. The van der Waals surface area contributed by atoms with Crippen LogP contribution in [0.3, 0.4) is 0 Å². The average molecular weight is 245 g/mol. The molecule has 0 unspecified atom stereocenters. The predicted octanol–water partition coefficient (Wildman–Crippen LogP) is 1.76. The molecule has 0 amide bonds. The summed E-state index contributed by atoms with van der Waals surface area (Å²) in [6.07, 6.45) is 2.89. The van der Waals surface area contributed by atoms with Gasteiger partial charge in [-0.2, -0.15) is 10.2 Å². The van der Waals surface area contributed by atoms with Crippen LogP contribution in [-0.2, 0) is 0 Å². The van der Waals surface area contributed by atoms with Gasteiger partial charge in [-0.1, -0.05) is 6.07 Å². The SMILES string of the molecule is Cc1cc(C)cc(N(O)C(=N)n2cc(N)cn2)c1. The average Bonchev–Trinajstić information content (AvgIpc) is 2.72. The molecule has 0 aliphatic carbocycles. The third kappa shape index (κ3) is 2.33. The Balaban J connectivity index is 2.30. The molecule has 2 rings (SSSR count). The minimum atomic E-state index is -0.184. The van der Waals surface area contributed by atoms with Gasteiger partial charge < -0.3 is 5.73 Å². The molecule has 18 heavy (non-hydrogen) atoms. The van der Waals surface area contributed by atoms with Crippen LogP contribution in [-0.4, -0.2) is 20.9 Å². The molecule has 1 aromatic heterocycles. The van der Waals surface area contributed by atoms with Gasteiger partial charge in [0.05, 0.1) is 23.8 Å². The molecule has 0 radical (unpaired) electrons. The first-order valence-corrected chi connectivity index (χ1v) is 5.44. The van der Waals surface area contributed by atoms with Crippen LogP contribution < -0.4 is 10.8 Å². The van der Waals surface area contributed by atoms with Gasteiger partial charge >= 0.3 is 0 Å². The van der Waals surface area contributed by atoms with E-state index in [1.54, 1.807) is 12.1 Å². The van der Waals surface area contributed by atoms with Crippen LogP contribution in [0.5, 0.6) is 0 Å². The summed E-state index contributed by atoms with van der Waals surface area (Å²) in [6, 6.07) is 5.57. The second-order valence-corrected chi connectivity index (χ2v) is 4.20. The van der Waals surface area contributed by atoms with Gasteiger partial charge in [-0.05, 0) is 37.1 Å². The van der Waals surface area contributed by atoms with E-state index < -0.39 is 0 Å². The number of rotatable bonds is 1. The molecule has 6 heteroatoms. The topological polar surface area (TPSA) is 91.2 Å². The van der Waals surface area contributed by atoms with Gasteiger partial charge in [0.15, 0.2) is 0 Å². The Bertz CT molecular complexity index is 570. The van der Waals surface area contributed by atoms with Crippen molar-refractivity contribution in [3.05, 3.63) is 41.7 Å². The number of nitrogen functional groups attached to an aromatic ring is 1. The molecule has 0 spiro atoms. The minimum Gasteiger partial charge on any atom is -0.396 e. The molecule has 0 fully saturated rings. The van der Waals surface area contributed by atoms with Crippen molar-refractivity contribution in [2.45, 2.75) is 13.8 Å². The zero-order valence-corrected chi connectivity index (χ0v) is 10.3. The van der Waals surface area contributed by atoms with E-state index in [1.807, 2.05) is 19.9 Å². The maximum atomic E-state index is 10.0. The first-order chi connectivity index (χ1) is 8.47. The molecule has 94 valence electrons. The summed E-state index contributed by atoms with van der Waals surface area (Å²) in [5.74, 6) is -0.184. The van der Waals surface area contributed by atoms with E-state index in [0.717, 1.165) is 16.2 Å². The van der Waals surface area contributed by atoms with E-state index >= 15 is 0 Å². The highest BCUT2D eigenvalue weighted by atomic mass is 16.5. The van der Waals surface area contributed by atoms with E-state index in [4.69, 9.17) is 11.1 Å². The summed E-state index contributed by atoms with van der Waals surface area (Å²) in [7, 11) is 0. The molecule has 0 aliphatic rings. The van der Waals surface area contributed by atoms with Gasteiger partial charge in [-0.25, -0.2) is 4.68 Å². The first kappa shape index (κ1) is 12.1. The lowest BCUT2D eigenvalue weighted by Gasteiger charge is -2.18. The minimum absolute atomic E-state index is 0.184. The maximum Gasteiger partial charge on any atom is 0.248 e. The van der Waals surface area contributed by atoms with E-state index in [1.165, 1.54) is 17.1 Å². The van der Waals surface area contributed by atoms with Crippen molar-refractivity contribution in [3.63, 3.8) is 0 Å². The first-order valence-electron chi connectivity index (χ1n) is 5.44. The highest BCUT2D eigenvalue weighted by molar-refractivity contribution is 5.92. The zero-order valence-electron chi connectivity index (χ0n) is 10.3.